The SMILES string of the molecule is C=C(C)c1nc2c(Cl)ccc(OP(=O)(O)O)c2c(C)c1Cc1ccc(-n2cccn2)cc1. The molecule has 32 heavy (non-hydrogen) atoms. The maximum absolute atomic E-state index is 11.5. The molecule has 4 rings (SSSR count). The molecule has 0 aliphatic heterocycles. The third-order valence-corrected chi connectivity index (χ3v) is 5.87. The largest absolute Gasteiger partial charge is 0.524 e. The molecule has 0 aliphatic carbocycles. The van der Waals surface area contributed by atoms with Crippen LogP contribution in [-0.2, 0) is 11.0 Å². The van der Waals surface area contributed by atoms with Crippen LogP contribution in [0.3, 0.4) is 0 Å². The number of fused-ring (bicyclic) bond motifs is 1. The fourth-order valence-corrected chi connectivity index (χ4v) is 4.30. The second kappa shape index (κ2) is 8.52. The van der Waals surface area contributed by atoms with Crippen molar-refractivity contribution in [3.8, 4) is 11.4 Å². The Kier molecular flexibility index (Phi) is 5.93. The van der Waals surface area contributed by atoms with E-state index in [4.69, 9.17) is 21.1 Å². The van der Waals surface area contributed by atoms with Gasteiger partial charge in [0.15, 0.2) is 0 Å². The summed E-state index contributed by atoms with van der Waals surface area (Å²) >= 11 is 6.38. The van der Waals surface area contributed by atoms with E-state index >= 15 is 0 Å². The number of halogens is 1. The van der Waals surface area contributed by atoms with E-state index in [2.05, 4.69) is 11.7 Å². The van der Waals surface area contributed by atoms with Gasteiger partial charge in [-0.3, -0.25) is 9.79 Å². The standard InChI is InChI=1S/C23H21ClN3O4P/c1-14(2)22-18(13-16-5-7-17(8-6-16)27-12-4-11-25-27)15(3)21-20(31-32(28,29)30)10-9-19(24)23(21)26-22/h4-12H,1,13H2,2-3H3,(H2,28,29,30). The van der Waals surface area contributed by atoms with Crippen molar-refractivity contribution in [2.75, 3.05) is 0 Å². The molecule has 0 radical (unpaired) electrons. The quantitative estimate of drug-likeness (QED) is 0.363. The van der Waals surface area contributed by atoms with Gasteiger partial charge in [-0.1, -0.05) is 30.3 Å². The summed E-state index contributed by atoms with van der Waals surface area (Å²) in [6.07, 6.45) is 4.13. The number of hydrogen-bond acceptors (Lipinski definition) is 4. The number of aryl methyl sites for hydroxylation is 1. The van der Waals surface area contributed by atoms with Crippen LogP contribution in [0.5, 0.6) is 5.75 Å². The molecule has 4 aromatic rings. The van der Waals surface area contributed by atoms with E-state index < -0.39 is 7.82 Å². The summed E-state index contributed by atoms with van der Waals surface area (Å²) in [6.45, 7) is 7.79. The first-order valence-electron chi connectivity index (χ1n) is 9.75. The van der Waals surface area contributed by atoms with Crippen LogP contribution < -0.4 is 4.52 Å². The fraction of sp³-hybridized carbons (Fsp3) is 0.130. The topological polar surface area (TPSA) is 97.5 Å². The summed E-state index contributed by atoms with van der Waals surface area (Å²) in [6, 6.07) is 12.8. The molecule has 9 heteroatoms. The molecule has 0 unspecified atom stereocenters. The molecule has 2 heterocycles. The minimum absolute atomic E-state index is 0.0336. The molecule has 7 nitrogen and oxygen atoms in total. The van der Waals surface area contributed by atoms with E-state index in [-0.39, 0.29) is 5.75 Å². The maximum Gasteiger partial charge on any atom is 0.524 e. The van der Waals surface area contributed by atoms with Crippen LogP contribution in [-0.4, -0.2) is 24.6 Å². The number of rotatable bonds is 6. The van der Waals surface area contributed by atoms with Crippen molar-refractivity contribution < 1.29 is 18.9 Å². The van der Waals surface area contributed by atoms with E-state index in [1.165, 1.54) is 12.1 Å². The minimum atomic E-state index is -4.77. The van der Waals surface area contributed by atoms with Gasteiger partial charge in [-0.2, -0.15) is 5.10 Å². The summed E-state index contributed by atoms with van der Waals surface area (Å²) in [5.74, 6) is 0.0336. The molecule has 2 N–H and O–H groups in total. The molecule has 0 saturated carbocycles. The van der Waals surface area contributed by atoms with Gasteiger partial charge >= 0.3 is 7.82 Å². The Balaban J connectivity index is 1.85. The summed E-state index contributed by atoms with van der Waals surface area (Å²) in [7, 11) is -4.77. The fourth-order valence-electron chi connectivity index (χ4n) is 3.69. The molecule has 2 aromatic heterocycles. The predicted octanol–water partition coefficient (Wildman–Crippen LogP) is 5.48. The van der Waals surface area contributed by atoms with Crippen molar-refractivity contribution in [2.45, 2.75) is 20.3 Å². The van der Waals surface area contributed by atoms with Crippen molar-refractivity contribution in [3.05, 3.63) is 88.8 Å². The van der Waals surface area contributed by atoms with Gasteiger partial charge in [0.1, 0.15) is 5.75 Å². The van der Waals surface area contributed by atoms with Gasteiger partial charge in [-0.15, -0.1) is 0 Å². The van der Waals surface area contributed by atoms with Crippen LogP contribution >= 0.6 is 19.4 Å². The Morgan fingerprint density at radius 2 is 1.94 bits per heavy atom. The van der Waals surface area contributed by atoms with E-state index in [1.807, 2.05) is 50.4 Å². The first-order valence-corrected chi connectivity index (χ1v) is 11.7. The molecule has 0 atom stereocenters. The third-order valence-electron chi connectivity index (χ3n) is 5.14. The monoisotopic (exact) mass is 469 g/mol. The lowest BCUT2D eigenvalue weighted by atomic mass is 9.93. The number of hydrogen-bond donors (Lipinski definition) is 2. The third kappa shape index (κ3) is 4.47. The molecule has 0 saturated heterocycles. The Morgan fingerprint density at radius 3 is 2.53 bits per heavy atom. The molecule has 2 aromatic carbocycles. The average Bonchev–Trinajstić information content (AvgIpc) is 3.26. The van der Waals surface area contributed by atoms with Crippen LogP contribution in [0.2, 0.25) is 5.02 Å². The Morgan fingerprint density at radius 1 is 1.22 bits per heavy atom. The van der Waals surface area contributed by atoms with Crippen molar-refractivity contribution in [1.82, 2.24) is 14.8 Å². The molecule has 0 spiro atoms. The number of phosphoric ester groups is 1. The van der Waals surface area contributed by atoms with Crippen molar-refractivity contribution in [2.24, 2.45) is 0 Å². The lowest BCUT2D eigenvalue weighted by Crippen LogP contribution is -2.04. The Bertz CT molecular complexity index is 1360. The zero-order valence-corrected chi connectivity index (χ0v) is 19.1. The van der Waals surface area contributed by atoms with Gasteiger partial charge in [-0.05, 0) is 72.9 Å². The second-order valence-corrected chi connectivity index (χ2v) is 9.06. The predicted molar refractivity (Wildman–Crippen MR) is 125 cm³/mol. The summed E-state index contributed by atoms with van der Waals surface area (Å²) in [5, 5.41) is 5.06. The van der Waals surface area contributed by atoms with Gasteiger partial charge in [0.25, 0.3) is 0 Å². The number of aromatic nitrogens is 3. The number of phosphoric acid groups is 1. The summed E-state index contributed by atoms with van der Waals surface area (Å²) in [5.41, 5.74) is 5.50. The highest BCUT2D eigenvalue weighted by Crippen LogP contribution is 2.44. The van der Waals surface area contributed by atoms with Gasteiger partial charge < -0.3 is 4.52 Å². The molecule has 0 aliphatic rings. The van der Waals surface area contributed by atoms with Gasteiger partial charge in [0, 0.05) is 17.8 Å². The van der Waals surface area contributed by atoms with Crippen LogP contribution in [0, 0.1) is 6.92 Å². The zero-order chi connectivity index (χ0) is 23.0. The highest BCUT2D eigenvalue weighted by atomic mass is 35.5. The number of allylic oxidation sites excluding steroid dienone is 1. The number of nitrogens with zero attached hydrogens (tertiary/aromatic N) is 3. The molecular formula is C23H21ClN3O4P. The Labute approximate surface area is 190 Å². The van der Waals surface area contributed by atoms with E-state index in [1.54, 1.807) is 10.9 Å². The van der Waals surface area contributed by atoms with Crippen LogP contribution in [0.1, 0.15) is 29.3 Å². The lowest BCUT2D eigenvalue weighted by Gasteiger charge is -2.18. The Hall–Kier alpha value is -2.96. The molecule has 0 bridgehead atoms. The van der Waals surface area contributed by atoms with Crippen molar-refractivity contribution >= 4 is 35.9 Å². The lowest BCUT2D eigenvalue weighted by molar-refractivity contribution is 0.284. The molecule has 164 valence electrons. The average molecular weight is 470 g/mol. The smallest absolute Gasteiger partial charge is 0.404 e. The molecule has 0 amide bonds. The van der Waals surface area contributed by atoms with Crippen LogP contribution in [0.25, 0.3) is 22.2 Å². The second-order valence-electron chi connectivity index (χ2n) is 7.49. The van der Waals surface area contributed by atoms with E-state index in [0.29, 0.717) is 28.0 Å². The van der Waals surface area contributed by atoms with E-state index in [0.717, 1.165) is 28.0 Å². The van der Waals surface area contributed by atoms with Gasteiger partial charge in [0.2, 0.25) is 0 Å². The van der Waals surface area contributed by atoms with Crippen LogP contribution in [0.4, 0.5) is 0 Å². The van der Waals surface area contributed by atoms with Gasteiger partial charge in [-0.25, -0.2) is 14.2 Å². The first kappa shape index (κ1) is 22.2. The van der Waals surface area contributed by atoms with Gasteiger partial charge in [0.05, 0.1) is 21.9 Å². The zero-order valence-electron chi connectivity index (χ0n) is 17.5. The van der Waals surface area contributed by atoms with Crippen molar-refractivity contribution in [3.63, 3.8) is 0 Å². The highest BCUT2D eigenvalue weighted by molar-refractivity contribution is 7.46. The number of benzene rings is 2. The summed E-state index contributed by atoms with van der Waals surface area (Å²) < 4.78 is 18.2. The number of pyridine rings is 1. The molecule has 0 fully saturated rings. The van der Waals surface area contributed by atoms with E-state index in [9.17, 15) is 14.4 Å². The summed E-state index contributed by atoms with van der Waals surface area (Å²) in [4.78, 5) is 23.4. The minimum Gasteiger partial charge on any atom is -0.404 e. The molecular weight excluding hydrogens is 449 g/mol. The van der Waals surface area contributed by atoms with Crippen LogP contribution in [0.15, 0.2) is 61.4 Å². The highest BCUT2D eigenvalue weighted by Gasteiger charge is 2.23. The van der Waals surface area contributed by atoms with Crippen molar-refractivity contribution in [1.29, 1.82) is 0 Å². The normalized spacial score (nSPS) is 11.7. The maximum atomic E-state index is 11.5. The first-order chi connectivity index (χ1) is 15.1.